The van der Waals surface area contributed by atoms with Gasteiger partial charge in [0.15, 0.2) is 0 Å². The highest BCUT2D eigenvalue weighted by Gasteiger charge is 2.20. The molecule has 0 aliphatic rings. The van der Waals surface area contributed by atoms with Gasteiger partial charge in [-0.3, -0.25) is 13.6 Å². The minimum atomic E-state index is -0.625. The average molecular weight is 346 g/mol. The number of amides is 1. The van der Waals surface area contributed by atoms with E-state index in [2.05, 4.69) is 18.1 Å². The number of fused-ring (bicyclic) bond motifs is 1. The van der Waals surface area contributed by atoms with Crippen LogP contribution in [0.3, 0.4) is 0 Å². The number of rotatable bonds is 4. The Morgan fingerprint density at radius 2 is 2.04 bits per heavy atom. The highest BCUT2D eigenvalue weighted by Crippen LogP contribution is 2.28. The molecule has 6 nitrogen and oxygen atoms in total. The van der Waals surface area contributed by atoms with Crippen molar-refractivity contribution in [3.63, 3.8) is 0 Å². The maximum absolute atomic E-state index is 14.0. The molecule has 1 N–H and O–H groups in total. The van der Waals surface area contributed by atoms with Crippen molar-refractivity contribution < 1.29 is 14.0 Å². The molecule has 1 aromatic heterocycles. The first-order valence-corrected chi connectivity index (χ1v) is 7.29. The Morgan fingerprint density at radius 1 is 1.38 bits per heavy atom. The van der Waals surface area contributed by atoms with Crippen LogP contribution in [0.1, 0.15) is 17.4 Å². The Balaban J connectivity index is 2.58. The lowest BCUT2D eigenvalue weighted by molar-refractivity contribution is -0.114. The first-order chi connectivity index (χ1) is 11.2. The van der Waals surface area contributed by atoms with Crippen molar-refractivity contribution in [3.05, 3.63) is 41.5 Å². The Kier molecular flexibility index (Phi) is 4.95. The molecule has 0 saturated heterocycles. The number of benzene rings is 1. The summed E-state index contributed by atoms with van der Waals surface area (Å²) in [6.45, 7) is 1.27. The number of nitrogens with zero attached hydrogens (tertiary/aromatic N) is 3. The van der Waals surface area contributed by atoms with Crippen LogP contribution in [-0.2, 0) is 4.79 Å². The minimum absolute atomic E-state index is 0.00765. The number of carbonyl (C=O) groups excluding carboxylic acids is 2. The summed E-state index contributed by atoms with van der Waals surface area (Å²) in [5.41, 5.74) is 0.490. The summed E-state index contributed by atoms with van der Waals surface area (Å²) < 4.78 is 15.3. The predicted molar refractivity (Wildman–Crippen MR) is 92.3 cm³/mol. The van der Waals surface area contributed by atoms with E-state index in [0.717, 1.165) is 0 Å². The molecule has 0 saturated carbocycles. The van der Waals surface area contributed by atoms with Crippen LogP contribution in [-0.4, -0.2) is 34.7 Å². The quantitative estimate of drug-likeness (QED) is 0.386. The van der Waals surface area contributed by atoms with E-state index in [9.17, 15) is 14.0 Å². The van der Waals surface area contributed by atoms with Crippen molar-refractivity contribution >= 4 is 41.1 Å². The van der Waals surface area contributed by atoms with Gasteiger partial charge < -0.3 is 10.2 Å². The summed E-state index contributed by atoms with van der Waals surface area (Å²) >= 11 is 4.26. The summed E-state index contributed by atoms with van der Waals surface area (Å²) in [6, 6.07) is 5.88. The summed E-state index contributed by atoms with van der Waals surface area (Å²) in [4.78, 5) is 25.2. The Hall–Kier alpha value is -2.79. The number of aromatic nitrogens is 1. The number of nitriles is 1. The van der Waals surface area contributed by atoms with Crippen molar-refractivity contribution in [2.24, 2.45) is 0 Å². The van der Waals surface area contributed by atoms with Gasteiger partial charge in [0.05, 0.1) is 11.2 Å². The van der Waals surface area contributed by atoms with E-state index in [1.54, 1.807) is 19.0 Å². The molecule has 1 aromatic carbocycles. The zero-order valence-corrected chi connectivity index (χ0v) is 14.2. The fraction of sp³-hybridized carbons (Fsp3) is 0.188. The highest BCUT2D eigenvalue weighted by atomic mass is 32.1. The number of ketones is 1. The number of hydrogen-bond acceptors (Lipinski definition) is 5. The summed E-state index contributed by atoms with van der Waals surface area (Å²) in [5.74, 6) is -1.57. The lowest BCUT2D eigenvalue weighted by atomic mass is 10.1. The second kappa shape index (κ2) is 6.76. The minimum Gasteiger partial charge on any atom is -0.382 e. The highest BCUT2D eigenvalue weighted by molar-refractivity contribution is 7.78. The van der Waals surface area contributed by atoms with E-state index in [4.69, 9.17) is 5.26 Å². The van der Waals surface area contributed by atoms with E-state index < -0.39 is 17.5 Å². The normalized spacial score (nSPS) is 11.2. The number of nitrogens with one attached hydrogen (secondary N) is 1. The molecule has 1 amide bonds. The van der Waals surface area contributed by atoms with Gasteiger partial charge in [0.2, 0.25) is 11.7 Å². The number of anilines is 1. The third kappa shape index (κ3) is 3.41. The molecule has 0 unspecified atom stereocenters. The van der Waals surface area contributed by atoms with Crippen molar-refractivity contribution in [2.75, 3.05) is 19.4 Å². The van der Waals surface area contributed by atoms with Gasteiger partial charge in [0, 0.05) is 32.6 Å². The molecule has 0 fully saturated rings. The van der Waals surface area contributed by atoms with Crippen molar-refractivity contribution in [3.8, 4) is 6.07 Å². The molecule has 0 spiro atoms. The lowest BCUT2D eigenvalue weighted by Gasteiger charge is -2.07. The maximum atomic E-state index is 14.0. The van der Waals surface area contributed by atoms with Crippen LogP contribution in [0, 0.1) is 17.1 Å². The molecule has 8 heteroatoms. The number of thiol groups is 1. The monoisotopic (exact) mass is 346 g/mol. The first-order valence-electron chi connectivity index (χ1n) is 6.89. The van der Waals surface area contributed by atoms with Gasteiger partial charge in [-0.1, -0.05) is 12.8 Å². The topological polar surface area (TPSA) is 78.1 Å². The number of carbonyl (C=O) groups is 2. The smallest absolute Gasteiger partial charge is 0.222 e. The van der Waals surface area contributed by atoms with Crippen LogP contribution in [0.15, 0.2) is 30.0 Å². The van der Waals surface area contributed by atoms with E-state index >= 15 is 0 Å². The summed E-state index contributed by atoms with van der Waals surface area (Å²) in [6.07, 6.45) is 1.40. The van der Waals surface area contributed by atoms with Gasteiger partial charge in [0.1, 0.15) is 23.2 Å². The van der Waals surface area contributed by atoms with Crippen LogP contribution < -0.4 is 5.32 Å². The van der Waals surface area contributed by atoms with Crippen LogP contribution in [0.4, 0.5) is 10.1 Å². The predicted octanol–water partition coefficient (Wildman–Crippen LogP) is 2.58. The van der Waals surface area contributed by atoms with Crippen LogP contribution in [0.25, 0.3) is 10.9 Å². The molecule has 1 heterocycles. The standard InChI is InChI=1S/C16H15FN4O2S/c1-9(22)19-13-6-14-10(4-12(13)17)5-15(21(14)24)16(23)11(7-18)8-20(2)3/h4-6,8,24H,1-3H3,(H,19,22)/b11-8+. The molecule has 0 aliphatic carbocycles. The SMILES string of the molecule is CC(=O)Nc1cc2c(cc1F)cc(C(=O)/C(C#N)=C/N(C)C)n2S. The van der Waals surface area contributed by atoms with E-state index in [-0.39, 0.29) is 17.0 Å². The van der Waals surface area contributed by atoms with Crippen LogP contribution in [0.5, 0.6) is 0 Å². The number of allylic oxidation sites excluding steroid dienone is 1. The van der Waals surface area contributed by atoms with Crippen molar-refractivity contribution in [1.82, 2.24) is 8.87 Å². The molecule has 0 radical (unpaired) electrons. The Bertz CT molecular complexity index is 909. The Labute approximate surface area is 143 Å². The van der Waals surface area contributed by atoms with Gasteiger partial charge in [-0.2, -0.15) is 5.26 Å². The van der Waals surface area contributed by atoms with Gasteiger partial charge in [-0.05, 0) is 18.2 Å². The fourth-order valence-electron chi connectivity index (χ4n) is 2.20. The first kappa shape index (κ1) is 17.6. The number of Topliss-reactive ketones (excluding diaryl/α,β-unsaturated/α-hetero) is 1. The third-order valence-electron chi connectivity index (χ3n) is 3.16. The molecule has 0 atom stereocenters. The van der Waals surface area contributed by atoms with Crippen LogP contribution in [0.2, 0.25) is 0 Å². The summed E-state index contributed by atoms with van der Waals surface area (Å²) in [5, 5.41) is 12.0. The molecule has 24 heavy (non-hydrogen) atoms. The van der Waals surface area contributed by atoms with Gasteiger partial charge in [0.25, 0.3) is 0 Å². The van der Waals surface area contributed by atoms with Crippen LogP contribution >= 0.6 is 12.8 Å². The average Bonchev–Trinajstić information content (AvgIpc) is 2.80. The van der Waals surface area contributed by atoms with Crippen molar-refractivity contribution in [2.45, 2.75) is 6.92 Å². The molecule has 2 aromatic rings. The second-order valence-electron chi connectivity index (χ2n) is 5.36. The van der Waals surface area contributed by atoms with Gasteiger partial charge in [-0.15, -0.1) is 0 Å². The molecular weight excluding hydrogens is 331 g/mol. The number of halogens is 1. The summed E-state index contributed by atoms with van der Waals surface area (Å²) in [7, 11) is 3.38. The Morgan fingerprint density at radius 3 is 2.58 bits per heavy atom. The third-order valence-corrected chi connectivity index (χ3v) is 3.59. The lowest BCUT2D eigenvalue weighted by Crippen LogP contribution is -2.10. The zero-order valence-electron chi connectivity index (χ0n) is 13.3. The zero-order chi connectivity index (χ0) is 18.0. The van der Waals surface area contributed by atoms with E-state index in [0.29, 0.717) is 10.9 Å². The van der Waals surface area contributed by atoms with Gasteiger partial charge in [-0.25, -0.2) is 4.39 Å². The maximum Gasteiger partial charge on any atom is 0.222 e. The van der Waals surface area contributed by atoms with Gasteiger partial charge >= 0.3 is 0 Å². The fourth-order valence-corrected chi connectivity index (χ4v) is 2.52. The van der Waals surface area contributed by atoms with Crippen molar-refractivity contribution in [1.29, 1.82) is 5.26 Å². The molecule has 0 aliphatic heterocycles. The largest absolute Gasteiger partial charge is 0.382 e. The molecule has 2 rings (SSSR count). The second-order valence-corrected chi connectivity index (χ2v) is 5.76. The number of hydrogen-bond donors (Lipinski definition) is 2. The molecule has 0 bridgehead atoms. The molecular formula is C16H15FN4O2S. The van der Waals surface area contributed by atoms with E-state index in [1.165, 1.54) is 35.3 Å². The molecule has 124 valence electrons. The van der Waals surface area contributed by atoms with E-state index in [1.807, 2.05) is 6.07 Å².